The second-order valence-electron chi connectivity index (χ2n) is 5.56. The summed E-state index contributed by atoms with van der Waals surface area (Å²) in [6, 6.07) is 12.6. The summed E-state index contributed by atoms with van der Waals surface area (Å²) in [5.74, 6) is 1.01. The Hall–Kier alpha value is -2.24. The molecule has 2 aromatic rings. The van der Waals surface area contributed by atoms with E-state index < -0.39 is 6.10 Å². The van der Waals surface area contributed by atoms with Crippen molar-refractivity contribution < 1.29 is 19.4 Å². The minimum absolute atomic E-state index is 0.116. The molecule has 0 fully saturated rings. The molecule has 0 spiro atoms. The van der Waals surface area contributed by atoms with Gasteiger partial charge in [0.2, 0.25) is 5.91 Å². The Morgan fingerprint density at radius 3 is 2.44 bits per heavy atom. The Bertz CT molecular complexity index is 703. The number of methoxy groups -OCH3 is 2. The van der Waals surface area contributed by atoms with Gasteiger partial charge in [0.25, 0.3) is 0 Å². The third-order valence-corrected chi connectivity index (χ3v) is 4.09. The normalized spacial score (nSPS) is 11.7. The molecule has 134 valence electrons. The van der Waals surface area contributed by atoms with Crippen LogP contribution in [0.4, 0.5) is 0 Å². The van der Waals surface area contributed by atoms with Crippen LogP contribution >= 0.6 is 11.6 Å². The van der Waals surface area contributed by atoms with Gasteiger partial charge < -0.3 is 19.9 Å². The van der Waals surface area contributed by atoms with E-state index in [1.54, 1.807) is 37.4 Å². The number of aryl methyl sites for hydroxylation is 1. The van der Waals surface area contributed by atoms with E-state index in [0.717, 1.165) is 5.56 Å². The molecule has 0 bridgehead atoms. The van der Waals surface area contributed by atoms with Gasteiger partial charge in [-0.05, 0) is 41.8 Å². The van der Waals surface area contributed by atoms with Crippen molar-refractivity contribution in [2.45, 2.75) is 18.9 Å². The molecule has 0 saturated heterocycles. The number of halogens is 1. The lowest BCUT2D eigenvalue weighted by atomic mass is 10.1. The summed E-state index contributed by atoms with van der Waals surface area (Å²) in [7, 11) is 3.08. The highest BCUT2D eigenvalue weighted by Crippen LogP contribution is 2.29. The van der Waals surface area contributed by atoms with Crippen LogP contribution in [0.3, 0.4) is 0 Å². The second kappa shape index (κ2) is 9.30. The van der Waals surface area contributed by atoms with Gasteiger partial charge in [-0.15, -0.1) is 0 Å². The predicted molar refractivity (Wildman–Crippen MR) is 97.3 cm³/mol. The standard InChI is InChI=1S/C19H22ClNO4/c1-24-17-9-6-14(11-18(17)25-2)16(22)12-21-19(23)10-5-13-3-7-15(20)8-4-13/h3-4,6-9,11,16,22H,5,10,12H2,1-2H3,(H,21,23). The lowest BCUT2D eigenvalue weighted by Crippen LogP contribution is -2.28. The molecule has 0 aliphatic rings. The minimum atomic E-state index is -0.820. The average Bonchev–Trinajstić information content (AvgIpc) is 2.64. The molecule has 0 aromatic heterocycles. The van der Waals surface area contributed by atoms with Crippen molar-refractivity contribution in [1.29, 1.82) is 0 Å². The van der Waals surface area contributed by atoms with Crippen LogP contribution in [0.2, 0.25) is 5.02 Å². The van der Waals surface area contributed by atoms with E-state index >= 15 is 0 Å². The summed E-state index contributed by atoms with van der Waals surface area (Å²) in [6.45, 7) is 0.134. The van der Waals surface area contributed by atoms with Crippen LogP contribution in [0.5, 0.6) is 11.5 Å². The molecule has 5 nitrogen and oxygen atoms in total. The van der Waals surface area contributed by atoms with Crippen LogP contribution < -0.4 is 14.8 Å². The van der Waals surface area contributed by atoms with Crippen molar-refractivity contribution in [3.8, 4) is 11.5 Å². The van der Waals surface area contributed by atoms with Gasteiger partial charge in [-0.1, -0.05) is 29.8 Å². The average molecular weight is 364 g/mol. The monoisotopic (exact) mass is 363 g/mol. The lowest BCUT2D eigenvalue weighted by molar-refractivity contribution is -0.121. The summed E-state index contributed by atoms with van der Waals surface area (Å²) in [6.07, 6.45) is 0.148. The Morgan fingerprint density at radius 2 is 1.80 bits per heavy atom. The number of aliphatic hydroxyl groups is 1. The van der Waals surface area contributed by atoms with Crippen LogP contribution in [0.25, 0.3) is 0 Å². The summed E-state index contributed by atoms with van der Waals surface area (Å²) < 4.78 is 10.4. The topological polar surface area (TPSA) is 67.8 Å². The third-order valence-electron chi connectivity index (χ3n) is 3.84. The quantitative estimate of drug-likeness (QED) is 0.756. The van der Waals surface area contributed by atoms with Crippen molar-refractivity contribution >= 4 is 17.5 Å². The fraction of sp³-hybridized carbons (Fsp3) is 0.316. The van der Waals surface area contributed by atoms with Crippen molar-refractivity contribution in [3.05, 3.63) is 58.6 Å². The zero-order valence-corrected chi connectivity index (χ0v) is 15.0. The highest BCUT2D eigenvalue weighted by Gasteiger charge is 2.13. The van der Waals surface area contributed by atoms with E-state index in [1.165, 1.54) is 7.11 Å². The number of hydrogen-bond donors (Lipinski definition) is 2. The van der Waals surface area contributed by atoms with Gasteiger partial charge in [0.05, 0.1) is 20.3 Å². The summed E-state index contributed by atoms with van der Waals surface area (Å²) in [5.41, 5.74) is 1.69. The van der Waals surface area contributed by atoms with Gasteiger partial charge in [0.1, 0.15) is 0 Å². The van der Waals surface area contributed by atoms with E-state index in [0.29, 0.717) is 34.9 Å². The van der Waals surface area contributed by atoms with E-state index in [1.807, 2.05) is 12.1 Å². The molecule has 6 heteroatoms. The molecule has 1 atom stereocenters. The second-order valence-corrected chi connectivity index (χ2v) is 6.00. The van der Waals surface area contributed by atoms with Gasteiger partial charge in [0, 0.05) is 18.0 Å². The third kappa shape index (κ3) is 5.66. The highest BCUT2D eigenvalue weighted by molar-refractivity contribution is 6.30. The zero-order chi connectivity index (χ0) is 18.2. The predicted octanol–water partition coefficient (Wildman–Crippen LogP) is 3.14. The van der Waals surface area contributed by atoms with Gasteiger partial charge in [-0.3, -0.25) is 4.79 Å². The fourth-order valence-corrected chi connectivity index (χ4v) is 2.51. The van der Waals surface area contributed by atoms with Crippen molar-refractivity contribution in [2.75, 3.05) is 20.8 Å². The molecule has 1 amide bonds. The smallest absolute Gasteiger partial charge is 0.220 e. The van der Waals surface area contributed by atoms with E-state index in [9.17, 15) is 9.90 Å². The number of benzene rings is 2. The molecule has 2 rings (SSSR count). The molecule has 0 radical (unpaired) electrons. The molecule has 2 aromatic carbocycles. The molecule has 0 aliphatic carbocycles. The van der Waals surface area contributed by atoms with Gasteiger partial charge >= 0.3 is 0 Å². The number of aliphatic hydroxyl groups excluding tert-OH is 1. The first-order valence-corrected chi connectivity index (χ1v) is 8.32. The maximum Gasteiger partial charge on any atom is 0.220 e. The molecule has 0 heterocycles. The first-order chi connectivity index (χ1) is 12.0. The number of ether oxygens (including phenoxy) is 2. The maximum atomic E-state index is 11.9. The highest BCUT2D eigenvalue weighted by atomic mass is 35.5. The molecule has 0 saturated carbocycles. The van der Waals surface area contributed by atoms with E-state index in [-0.39, 0.29) is 12.5 Å². The van der Waals surface area contributed by atoms with Crippen LogP contribution in [-0.4, -0.2) is 31.8 Å². The van der Waals surface area contributed by atoms with Crippen LogP contribution in [0.1, 0.15) is 23.7 Å². The number of rotatable bonds is 8. The number of carbonyl (C=O) groups excluding carboxylic acids is 1. The first-order valence-electron chi connectivity index (χ1n) is 7.94. The summed E-state index contributed by atoms with van der Waals surface area (Å²) >= 11 is 5.83. The van der Waals surface area contributed by atoms with Crippen molar-refractivity contribution in [2.24, 2.45) is 0 Å². The van der Waals surface area contributed by atoms with Crippen molar-refractivity contribution in [1.82, 2.24) is 5.32 Å². The molecule has 0 aliphatic heterocycles. The van der Waals surface area contributed by atoms with Gasteiger partial charge in [-0.25, -0.2) is 0 Å². The number of hydrogen-bond acceptors (Lipinski definition) is 4. The Morgan fingerprint density at radius 1 is 1.12 bits per heavy atom. The van der Waals surface area contributed by atoms with Crippen LogP contribution in [-0.2, 0) is 11.2 Å². The molecule has 2 N–H and O–H groups in total. The number of carbonyl (C=O) groups is 1. The Kier molecular flexibility index (Phi) is 7.10. The Labute approximate surface area is 152 Å². The van der Waals surface area contributed by atoms with Crippen molar-refractivity contribution in [3.63, 3.8) is 0 Å². The maximum absolute atomic E-state index is 11.9. The lowest BCUT2D eigenvalue weighted by Gasteiger charge is -2.15. The molecular formula is C19H22ClNO4. The SMILES string of the molecule is COc1ccc(C(O)CNC(=O)CCc2ccc(Cl)cc2)cc1OC. The molecule has 1 unspecified atom stereocenters. The van der Waals surface area contributed by atoms with Gasteiger partial charge in [-0.2, -0.15) is 0 Å². The fourth-order valence-electron chi connectivity index (χ4n) is 2.39. The minimum Gasteiger partial charge on any atom is -0.493 e. The number of nitrogens with one attached hydrogen (secondary N) is 1. The van der Waals surface area contributed by atoms with E-state index in [2.05, 4.69) is 5.32 Å². The molecular weight excluding hydrogens is 342 g/mol. The van der Waals surface area contributed by atoms with E-state index in [4.69, 9.17) is 21.1 Å². The largest absolute Gasteiger partial charge is 0.493 e. The number of amides is 1. The Balaban J connectivity index is 1.83. The van der Waals surface area contributed by atoms with Gasteiger partial charge in [0.15, 0.2) is 11.5 Å². The van der Waals surface area contributed by atoms with Crippen LogP contribution in [0, 0.1) is 0 Å². The first kappa shape index (κ1) is 19.1. The summed E-state index contributed by atoms with van der Waals surface area (Å²) in [4.78, 5) is 11.9. The molecule has 25 heavy (non-hydrogen) atoms. The summed E-state index contributed by atoms with van der Waals surface area (Å²) in [5, 5.41) is 13.7. The van der Waals surface area contributed by atoms with Crippen LogP contribution in [0.15, 0.2) is 42.5 Å². The zero-order valence-electron chi connectivity index (χ0n) is 14.3.